The molecule has 0 aliphatic carbocycles. The van der Waals surface area contributed by atoms with Crippen molar-refractivity contribution in [2.24, 2.45) is 5.84 Å². The van der Waals surface area contributed by atoms with Crippen molar-refractivity contribution < 1.29 is 8.42 Å². The summed E-state index contributed by atoms with van der Waals surface area (Å²) in [6.07, 6.45) is 5.13. The second-order valence-corrected chi connectivity index (χ2v) is 6.27. The highest BCUT2D eigenvalue weighted by Gasteiger charge is 2.24. The van der Waals surface area contributed by atoms with Crippen LogP contribution in [0.25, 0.3) is 0 Å². The monoisotopic (exact) mass is 243 g/mol. The summed E-state index contributed by atoms with van der Waals surface area (Å²) in [5.74, 6) is 5.39. The summed E-state index contributed by atoms with van der Waals surface area (Å²) in [4.78, 5) is 3.90. The van der Waals surface area contributed by atoms with Crippen LogP contribution in [0.1, 0.15) is 12.5 Å². The van der Waals surface area contributed by atoms with Crippen LogP contribution in [0.4, 0.5) is 0 Å². The van der Waals surface area contributed by atoms with E-state index in [2.05, 4.69) is 10.4 Å². The molecule has 2 atom stereocenters. The number of nitrogens with one attached hydrogen (secondary N) is 1. The molecule has 2 unspecified atom stereocenters. The van der Waals surface area contributed by atoms with E-state index in [4.69, 9.17) is 5.84 Å². The maximum atomic E-state index is 11.4. The van der Waals surface area contributed by atoms with E-state index < -0.39 is 15.1 Å². The van der Waals surface area contributed by atoms with Gasteiger partial charge in [0.1, 0.15) is 0 Å². The van der Waals surface area contributed by atoms with Gasteiger partial charge in [-0.05, 0) is 31.0 Å². The maximum absolute atomic E-state index is 11.4. The SMILES string of the molecule is CC(C(Cc1ccncc1)NN)S(C)(=O)=O. The lowest BCUT2D eigenvalue weighted by atomic mass is 10.1. The van der Waals surface area contributed by atoms with E-state index in [1.54, 1.807) is 19.3 Å². The van der Waals surface area contributed by atoms with Crippen LogP contribution >= 0.6 is 0 Å². The Hall–Kier alpha value is -0.980. The summed E-state index contributed by atoms with van der Waals surface area (Å²) >= 11 is 0. The van der Waals surface area contributed by atoms with Crippen LogP contribution in [-0.4, -0.2) is 30.9 Å². The Morgan fingerprint density at radius 2 is 2.00 bits per heavy atom. The number of hydrogen-bond donors (Lipinski definition) is 2. The Morgan fingerprint density at radius 1 is 1.44 bits per heavy atom. The summed E-state index contributed by atoms with van der Waals surface area (Å²) in [7, 11) is -3.09. The number of nitrogens with zero attached hydrogens (tertiary/aromatic N) is 1. The largest absolute Gasteiger partial charge is 0.271 e. The first-order valence-electron chi connectivity index (χ1n) is 4.99. The predicted molar refractivity (Wildman–Crippen MR) is 63.4 cm³/mol. The molecule has 0 saturated carbocycles. The zero-order valence-electron chi connectivity index (χ0n) is 9.42. The molecule has 0 bridgehead atoms. The standard InChI is InChI=1S/C10H17N3O2S/c1-8(16(2,14)15)10(13-11)7-9-3-5-12-6-4-9/h3-6,8,10,13H,7,11H2,1-2H3. The summed E-state index contributed by atoms with van der Waals surface area (Å²) < 4.78 is 22.8. The molecule has 0 fully saturated rings. The number of pyridine rings is 1. The Kier molecular flexibility index (Phi) is 4.40. The van der Waals surface area contributed by atoms with Crippen molar-refractivity contribution in [3.05, 3.63) is 30.1 Å². The topological polar surface area (TPSA) is 85.1 Å². The summed E-state index contributed by atoms with van der Waals surface area (Å²) in [5.41, 5.74) is 3.57. The lowest BCUT2D eigenvalue weighted by molar-refractivity contribution is 0.494. The van der Waals surface area contributed by atoms with Gasteiger partial charge in [-0.3, -0.25) is 16.3 Å². The minimum Gasteiger partial charge on any atom is -0.271 e. The first kappa shape index (κ1) is 13.1. The molecule has 16 heavy (non-hydrogen) atoms. The molecule has 6 heteroatoms. The number of nitrogens with two attached hydrogens (primary N) is 1. The molecule has 0 aliphatic heterocycles. The number of hydrazine groups is 1. The van der Waals surface area contributed by atoms with Crippen molar-refractivity contribution >= 4 is 9.84 Å². The normalized spacial score (nSPS) is 15.7. The van der Waals surface area contributed by atoms with Crippen LogP contribution in [0, 0.1) is 0 Å². The molecular formula is C10H17N3O2S. The summed E-state index contributed by atoms with van der Waals surface area (Å²) in [6, 6.07) is 3.40. The van der Waals surface area contributed by atoms with E-state index in [-0.39, 0.29) is 6.04 Å². The maximum Gasteiger partial charge on any atom is 0.151 e. The van der Waals surface area contributed by atoms with E-state index in [9.17, 15) is 8.42 Å². The van der Waals surface area contributed by atoms with Crippen molar-refractivity contribution in [1.29, 1.82) is 0 Å². The van der Waals surface area contributed by atoms with Gasteiger partial charge in [0.15, 0.2) is 9.84 Å². The lowest BCUT2D eigenvalue weighted by Crippen LogP contribution is -2.47. The highest BCUT2D eigenvalue weighted by Crippen LogP contribution is 2.10. The third-order valence-electron chi connectivity index (χ3n) is 2.66. The third-order valence-corrected chi connectivity index (χ3v) is 4.34. The average molecular weight is 243 g/mol. The van der Waals surface area contributed by atoms with Gasteiger partial charge < -0.3 is 0 Å². The van der Waals surface area contributed by atoms with Gasteiger partial charge in [0.05, 0.1) is 5.25 Å². The van der Waals surface area contributed by atoms with Gasteiger partial charge in [0.25, 0.3) is 0 Å². The molecular weight excluding hydrogens is 226 g/mol. The van der Waals surface area contributed by atoms with Gasteiger partial charge in [-0.15, -0.1) is 0 Å². The van der Waals surface area contributed by atoms with E-state index in [1.807, 2.05) is 12.1 Å². The van der Waals surface area contributed by atoms with Crippen LogP contribution in [-0.2, 0) is 16.3 Å². The number of rotatable bonds is 5. The van der Waals surface area contributed by atoms with Gasteiger partial charge in [-0.2, -0.15) is 0 Å². The Bertz CT molecular complexity index is 419. The quantitative estimate of drug-likeness (QED) is 0.557. The van der Waals surface area contributed by atoms with Gasteiger partial charge in [0.2, 0.25) is 0 Å². The fourth-order valence-corrected chi connectivity index (χ4v) is 2.20. The van der Waals surface area contributed by atoms with Gasteiger partial charge in [0, 0.05) is 24.7 Å². The van der Waals surface area contributed by atoms with Gasteiger partial charge in [-0.25, -0.2) is 8.42 Å². The minimum absolute atomic E-state index is 0.294. The molecule has 0 spiro atoms. The Labute approximate surface area is 96.0 Å². The van der Waals surface area contributed by atoms with Crippen molar-refractivity contribution in [3.63, 3.8) is 0 Å². The molecule has 1 heterocycles. The molecule has 1 aromatic rings. The Morgan fingerprint density at radius 3 is 2.44 bits per heavy atom. The zero-order chi connectivity index (χ0) is 12.2. The van der Waals surface area contributed by atoms with Crippen LogP contribution in [0.2, 0.25) is 0 Å². The fourth-order valence-electron chi connectivity index (χ4n) is 1.43. The van der Waals surface area contributed by atoms with Crippen LogP contribution in [0.5, 0.6) is 0 Å². The number of hydrogen-bond acceptors (Lipinski definition) is 5. The highest BCUT2D eigenvalue weighted by molar-refractivity contribution is 7.91. The van der Waals surface area contributed by atoms with Gasteiger partial charge >= 0.3 is 0 Å². The number of aromatic nitrogens is 1. The second kappa shape index (κ2) is 5.38. The molecule has 90 valence electrons. The van der Waals surface area contributed by atoms with Crippen molar-refractivity contribution in [1.82, 2.24) is 10.4 Å². The highest BCUT2D eigenvalue weighted by atomic mass is 32.2. The molecule has 0 amide bonds. The summed E-state index contributed by atoms with van der Waals surface area (Å²) in [5, 5.41) is -0.523. The smallest absolute Gasteiger partial charge is 0.151 e. The van der Waals surface area contributed by atoms with Crippen LogP contribution < -0.4 is 11.3 Å². The van der Waals surface area contributed by atoms with Gasteiger partial charge in [-0.1, -0.05) is 0 Å². The van der Waals surface area contributed by atoms with Crippen molar-refractivity contribution in [2.75, 3.05) is 6.26 Å². The van der Waals surface area contributed by atoms with E-state index in [0.29, 0.717) is 6.42 Å². The average Bonchev–Trinajstić information content (AvgIpc) is 2.25. The van der Waals surface area contributed by atoms with Crippen molar-refractivity contribution in [3.8, 4) is 0 Å². The van der Waals surface area contributed by atoms with Crippen molar-refractivity contribution in [2.45, 2.75) is 24.6 Å². The van der Waals surface area contributed by atoms with E-state index >= 15 is 0 Å². The van der Waals surface area contributed by atoms with E-state index in [1.165, 1.54) is 6.26 Å². The molecule has 0 aromatic carbocycles. The first-order valence-corrected chi connectivity index (χ1v) is 6.94. The molecule has 5 nitrogen and oxygen atoms in total. The molecule has 3 N–H and O–H groups in total. The lowest BCUT2D eigenvalue weighted by Gasteiger charge is -2.21. The third kappa shape index (κ3) is 3.55. The molecule has 1 aromatic heterocycles. The van der Waals surface area contributed by atoms with Crippen LogP contribution in [0.15, 0.2) is 24.5 Å². The molecule has 0 aliphatic rings. The molecule has 1 rings (SSSR count). The summed E-state index contributed by atoms with van der Waals surface area (Å²) in [6.45, 7) is 1.65. The second-order valence-electron chi connectivity index (χ2n) is 3.87. The predicted octanol–water partition coefficient (Wildman–Crippen LogP) is -0.111. The molecule has 0 saturated heterocycles. The number of sulfone groups is 1. The van der Waals surface area contributed by atoms with E-state index in [0.717, 1.165) is 5.56 Å². The first-order chi connectivity index (χ1) is 7.45. The molecule has 0 radical (unpaired) electrons. The minimum atomic E-state index is -3.09. The zero-order valence-corrected chi connectivity index (χ0v) is 10.2. The Balaban J connectivity index is 2.77. The fraction of sp³-hybridized carbons (Fsp3) is 0.500. The van der Waals surface area contributed by atoms with Crippen LogP contribution in [0.3, 0.4) is 0 Å².